The van der Waals surface area contributed by atoms with Crippen molar-refractivity contribution in [2.75, 3.05) is 6.54 Å². The first kappa shape index (κ1) is 13.2. The van der Waals surface area contributed by atoms with Gasteiger partial charge in [0.1, 0.15) is 5.84 Å². The molecule has 0 aromatic heterocycles. The zero-order valence-corrected chi connectivity index (χ0v) is 8.90. The van der Waals surface area contributed by atoms with Crippen molar-refractivity contribution in [1.29, 1.82) is 0 Å². The molecule has 0 radical (unpaired) electrons. The highest BCUT2D eigenvalue weighted by Crippen LogP contribution is 1.97. The van der Waals surface area contributed by atoms with Crippen molar-refractivity contribution in [3.8, 4) is 0 Å². The minimum atomic E-state index is -0.276. The van der Waals surface area contributed by atoms with Gasteiger partial charge in [-0.25, -0.2) is 0 Å². The van der Waals surface area contributed by atoms with E-state index in [1.807, 2.05) is 6.92 Å². The Bertz CT molecular complexity index is 171. The van der Waals surface area contributed by atoms with E-state index in [1.54, 1.807) is 6.92 Å². The zero-order chi connectivity index (χ0) is 11.0. The molecule has 0 aromatic carbocycles. The van der Waals surface area contributed by atoms with Gasteiger partial charge in [0, 0.05) is 12.5 Å². The predicted octanol–water partition coefficient (Wildman–Crippen LogP) is 0.262. The van der Waals surface area contributed by atoms with Gasteiger partial charge in [0.25, 0.3) is 0 Å². The summed E-state index contributed by atoms with van der Waals surface area (Å²) in [5.41, 5.74) is 5.30. The lowest BCUT2D eigenvalue weighted by atomic mass is 10.1. The maximum Gasteiger partial charge on any atom is 0.139 e. The number of oxime groups is 1. The summed E-state index contributed by atoms with van der Waals surface area (Å²) in [6.45, 7) is 4.61. The fourth-order valence-electron chi connectivity index (χ4n) is 1.26. The zero-order valence-electron chi connectivity index (χ0n) is 8.90. The molecule has 0 saturated heterocycles. The topological polar surface area (TPSA) is 90.9 Å². The second-order valence-corrected chi connectivity index (χ2v) is 3.63. The number of rotatable bonds is 7. The van der Waals surface area contributed by atoms with E-state index in [2.05, 4.69) is 10.5 Å². The third-order valence-corrected chi connectivity index (χ3v) is 1.93. The normalized spacial score (nSPS) is 16.6. The Labute approximate surface area is 85.0 Å². The molecule has 5 heteroatoms. The SMILES string of the molecule is CC(O)CC(C)NCCCC(N)=NO. The quantitative estimate of drug-likeness (QED) is 0.157. The molecular formula is C9H21N3O2. The Morgan fingerprint density at radius 1 is 1.50 bits per heavy atom. The minimum absolute atomic E-state index is 0.259. The van der Waals surface area contributed by atoms with Crippen LogP contribution < -0.4 is 11.1 Å². The van der Waals surface area contributed by atoms with Gasteiger partial charge in [0.2, 0.25) is 0 Å². The number of hydrogen-bond acceptors (Lipinski definition) is 4. The summed E-state index contributed by atoms with van der Waals surface area (Å²) in [5, 5.41) is 23.5. The first-order valence-corrected chi connectivity index (χ1v) is 4.94. The van der Waals surface area contributed by atoms with Crippen molar-refractivity contribution < 1.29 is 10.3 Å². The molecule has 5 nitrogen and oxygen atoms in total. The Kier molecular flexibility index (Phi) is 7.14. The van der Waals surface area contributed by atoms with E-state index in [-0.39, 0.29) is 11.9 Å². The summed E-state index contributed by atoms with van der Waals surface area (Å²) < 4.78 is 0. The molecule has 0 rings (SSSR count). The molecule has 0 saturated carbocycles. The van der Waals surface area contributed by atoms with Gasteiger partial charge in [0.15, 0.2) is 0 Å². The highest BCUT2D eigenvalue weighted by Gasteiger charge is 2.04. The van der Waals surface area contributed by atoms with E-state index in [4.69, 9.17) is 16.0 Å². The number of nitrogens with two attached hydrogens (primary N) is 1. The third-order valence-electron chi connectivity index (χ3n) is 1.93. The third kappa shape index (κ3) is 7.82. The lowest BCUT2D eigenvalue weighted by Gasteiger charge is -2.14. The number of amidine groups is 1. The number of aliphatic hydroxyl groups excluding tert-OH is 1. The number of nitrogens with one attached hydrogen (secondary N) is 1. The minimum Gasteiger partial charge on any atom is -0.409 e. The first-order chi connectivity index (χ1) is 6.56. The van der Waals surface area contributed by atoms with E-state index in [0.717, 1.165) is 19.4 Å². The van der Waals surface area contributed by atoms with E-state index in [9.17, 15) is 0 Å². The van der Waals surface area contributed by atoms with Gasteiger partial charge in [-0.3, -0.25) is 0 Å². The lowest BCUT2D eigenvalue weighted by molar-refractivity contribution is 0.171. The van der Waals surface area contributed by atoms with E-state index in [1.165, 1.54) is 0 Å². The Balaban J connectivity index is 3.36. The van der Waals surface area contributed by atoms with Gasteiger partial charge in [-0.15, -0.1) is 0 Å². The summed E-state index contributed by atoms with van der Waals surface area (Å²) in [5.74, 6) is 0.259. The standard InChI is InChI=1S/C9H21N3O2/c1-7(6-8(2)13)11-5-3-4-9(10)12-14/h7-8,11,13-14H,3-6H2,1-2H3,(H2,10,12). The fraction of sp³-hybridized carbons (Fsp3) is 0.889. The van der Waals surface area contributed by atoms with Gasteiger partial charge in [-0.2, -0.15) is 0 Å². The molecule has 0 heterocycles. The van der Waals surface area contributed by atoms with Crippen molar-refractivity contribution in [2.24, 2.45) is 10.9 Å². The van der Waals surface area contributed by atoms with Crippen LogP contribution in [0.3, 0.4) is 0 Å². The molecule has 14 heavy (non-hydrogen) atoms. The van der Waals surface area contributed by atoms with Crippen LogP contribution >= 0.6 is 0 Å². The average Bonchev–Trinajstić information content (AvgIpc) is 2.10. The van der Waals surface area contributed by atoms with Gasteiger partial charge in [0.05, 0.1) is 6.10 Å². The highest BCUT2D eigenvalue weighted by atomic mass is 16.4. The van der Waals surface area contributed by atoms with Gasteiger partial charge in [-0.1, -0.05) is 5.16 Å². The van der Waals surface area contributed by atoms with Crippen molar-refractivity contribution in [2.45, 2.75) is 45.3 Å². The lowest BCUT2D eigenvalue weighted by Crippen LogP contribution is -2.30. The van der Waals surface area contributed by atoms with Gasteiger partial charge >= 0.3 is 0 Å². The summed E-state index contributed by atoms with van der Waals surface area (Å²) in [7, 11) is 0. The largest absolute Gasteiger partial charge is 0.409 e. The van der Waals surface area contributed by atoms with E-state index >= 15 is 0 Å². The van der Waals surface area contributed by atoms with Crippen LogP contribution in [0.2, 0.25) is 0 Å². The molecule has 0 fully saturated rings. The molecule has 2 unspecified atom stereocenters. The fourth-order valence-corrected chi connectivity index (χ4v) is 1.26. The molecule has 0 bridgehead atoms. The Hall–Kier alpha value is -0.810. The van der Waals surface area contributed by atoms with Gasteiger partial charge in [-0.05, 0) is 33.2 Å². The number of aliphatic hydroxyl groups is 1. The van der Waals surface area contributed by atoms with Crippen LogP contribution in [0.25, 0.3) is 0 Å². The van der Waals surface area contributed by atoms with Crippen molar-refractivity contribution in [1.82, 2.24) is 5.32 Å². The molecular weight excluding hydrogens is 182 g/mol. The molecule has 0 aliphatic heterocycles. The number of hydrogen-bond donors (Lipinski definition) is 4. The maximum atomic E-state index is 9.09. The van der Waals surface area contributed by atoms with Crippen LogP contribution in [-0.2, 0) is 0 Å². The van der Waals surface area contributed by atoms with Gasteiger partial charge < -0.3 is 21.4 Å². The number of nitrogens with zero attached hydrogens (tertiary/aromatic N) is 1. The monoisotopic (exact) mass is 203 g/mol. The molecule has 0 aliphatic carbocycles. The van der Waals surface area contributed by atoms with Crippen LogP contribution in [0, 0.1) is 0 Å². The van der Waals surface area contributed by atoms with Crippen molar-refractivity contribution >= 4 is 5.84 Å². The smallest absolute Gasteiger partial charge is 0.139 e. The van der Waals surface area contributed by atoms with Crippen LogP contribution in [0.4, 0.5) is 0 Å². The molecule has 5 N–H and O–H groups in total. The van der Waals surface area contributed by atoms with E-state index in [0.29, 0.717) is 12.5 Å². The van der Waals surface area contributed by atoms with Crippen LogP contribution in [0.15, 0.2) is 5.16 Å². The van der Waals surface area contributed by atoms with E-state index < -0.39 is 0 Å². The first-order valence-electron chi connectivity index (χ1n) is 4.94. The molecule has 0 aliphatic rings. The van der Waals surface area contributed by atoms with Crippen molar-refractivity contribution in [3.63, 3.8) is 0 Å². The molecule has 0 amide bonds. The molecule has 0 aromatic rings. The Morgan fingerprint density at radius 3 is 2.64 bits per heavy atom. The summed E-state index contributed by atoms with van der Waals surface area (Å²) in [6.07, 6.45) is 1.88. The molecule has 0 spiro atoms. The summed E-state index contributed by atoms with van der Waals surface area (Å²) in [4.78, 5) is 0. The Morgan fingerprint density at radius 2 is 2.14 bits per heavy atom. The molecule has 2 atom stereocenters. The maximum absolute atomic E-state index is 9.09. The second-order valence-electron chi connectivity index (χ2n) is 3.63. The van der Waals surface area contributed by atoms with Crippen molar-refractivity contribution in [3.05, 3.63) is 0 Å². The summed E-state index contributed by atoms with van der Waals surface area (Å²) in [6, 6.07) is 0.294. The average molecular weight is 203 g/mol. The second kappa shape index (κ2) is 7.58. The van der Waals surface area contributed by atoms with Crippen LogP contribution in [-0.4, -0.2) is 34.8 Å². The molecule has 84 valence electrons. The predicted molar refractivity (Wildman–Crippen MR) is 56.4 cm³/mol. The summed E-state index contributed by atoms with van der Waals surface area (Å²) >= 11 is 0. The van der Waals surface area contributed by atoms with Crippen LogP contribution in [0.1, 0.15) is 33.1 Å². The highest BCUT2D eigenvalue weighted by molar-refractivity contribution is 5.79. The van der Waals surface area contributed by atoms with Crippen LogP contribution in [0.5, 0.6) is 0 Å².